The van der Waals surface area contributed by atoms with E-state index in [1.807, 2.05) is 121 Å². The molecule has 7 nitrogen and oxygen atoms in total. The normalized spacial score (nSPS) is 11.6. The van der Waals surface area contributed by atoms with Crippen molar-refractivity contribution in [2.75, 3.05) is 0 Å². The summed E-state index contributed by atoms with van der Waals surface area (Å²) in [5, 5.41) is 2.34. The topological polar surface area (TPSA) is 82.3 Å². The van der Waals surface area contributed by atoms with E-state index >= 15 is 0 Å². The van der Waals surface area contributed by atoms with Gasteiger partial charge in [-0.15, -0.1) is 0 Å². The lowest BCUT2D eigenvalue weighted by molar-refractivity contribution is 0.591. The zero-order valence-electron chi connectivity index (χ0n) is 33.0. The molecule has 0 atom stereocenters. The molecule has 0 saturated carbocycles. The molecule has 10 rings (SSSR count). The van der Waals surface area contributed by atoms with Crippen molar-refractivity contribution in [1.29, 1.82) is 0 Å². The van der Waals surface area contributed by atoms with Gasteiger partial charge in [-0.05, 0) is 41.3 Å². The summed E-state index contributed by atoms with van der Waals surface area (Å²) in [6, 6.07) is 62.1. The number of para-hydroxylation sites is 1. The van der Waals surface area contributed by atoms with Crippen molar-refractivity contribution in [3.8, 4) is 74.0 Å². The minimum Gasteiger partial charge on any atom is -0.308 e. The molecule has 7 aromatic carbocycles. The molecule has 0 fully saturated rings. The van der Waals surface area contributed by atoms with Gasteiger partial charge in [0, 0.05) is 44.2 Å². The molecular weight excluding hydrogens is 723 g/mol. The van der Waals surface area contributed by atoms with Crippen molar-refractivity contribution in [2.45, 2.75) is 26.2 Å². The van der Waals surface area contributed by atoms with Crippen LogP contribution in [0, 0.1) is 0 Å². The van der Waals surface area contributed by atoms with Crippen LogP contribution in [0.15, 0.2) is 182 Å². The fourth-order valence-corrected chi connectivity index (χ4v) is 7.61. The third kappa shape index (κ3) is 6.83. The maximum Gasteiger partial charge on any atom is 0.166 e. The summed E-state index contributed by atoms with van der Waals surface area (Å²) in [5.41, 5.74) is 9.53. The number of hydrogen-bond donors (Lipinski definition) is 0. The molecule has 282 valence electrons. The van der Waals surface area contributed by atoms with Crippen molar-refractivity contribution >= 4 is 21.8 Å². The lowest BCUT2D eigenvalue weighted by atomic mass is 9.86. The van der Waals surface area contributed by atoms with E-state index in [2.05, 4.69) is 86.0 Å². The van der Waals surface area contributed by atoms with E-state index in [1.54, 1.807) is 0 Å². The number of fused-ring (bicyclic) bond motifs is 3. The van der Waals surface area contributed by atoms with E-state index in [0.29, 0.717) is 34.9 Å². The number of nitrogens with zero attached hydrogens (tertiary/aromatic N) is 7. The van der Waals surface area contributed by atoms with Gasteiger partial charge in [-0.25, -0.2) is 29.9 Å². The minimum atomic E-state index is -0.0584. The van der Waals surface area contributed by atoms with Gasteiger partial charge in [0.15, 0.2) is 34.9 Å². The van der Waals surface area contributed by atoms with Gasteiger partial charge in [-0.3, -0.25) is 0 Å². The molecule has 10 aromatic rings. The summed E-state index contributed by atoms with van der Waals surface area (Å²) in [4.78, 5) is 30.8. The van der Waals surface area contributed by atoms with Crippen molar-refractivity contribution in [2.24, 2.45) is 0 Å². The van der Waals surface area contributed by atoms with Crippen LogP contribution in [-0.4, -0.2) is 34.5 Å². The molecule has 0 radical (unpaired) electrons. The van der Waals surface area contributed by atoms with Crippen LogP contribution in [0.25, 0.3) is 95.8 Å². The Kier molecular flexibility index (Phi) is 8.91. The van der Waals surface area contributed by atoms with Crippen LogP contribution < -0.4 is 0 Å². The highest BCUT2D eigenvalue weighted by atomic mass is 15.1. The van der Waals surface area contributed by atoms with Crippen LogP contribution in [0.4, 0.5) is 0 Å². The number of benzene rings is 7. The first-order chi connectivity index (χ1) is 28.9. The van der Waals surface area contributed by atoms with E-state index in [1.165, 1.54) is 16.3 Å². The third-order valence-electron chi connectivity index (χ3n) is 10.7. The Bertz CT molecular complexity index is 3000. The molecule has 0 amide bonds. The summed E-state index contributed by atoms with van der Waals surface area (Å²) in [5.74, 6) is 3.43. The maximum atomic E-state index is 5.26. The molecule has 0 bridgehead atoms. The third-order valence-corrected chi connectivity index (χ3v) is 10.7. The van der Waals surface area contributed by atoms with E-state index in [4.69, 9.17) is 29.9 Å². The zero-order chi connectivity index (χ0) is 39.9. The first-order valence-corrected chi connectivity index (χ1v) is 19.8. The second-order valence-corrected chi connectivity index (χ2v) is 15.6. The maximum absolute atomic E-state index is 5.26. The fourth-order valence-electron chi connectivity index (χ4n) is 7.61. The molecular formula is C52H39N7. The highest BCUT2D eigenvalue weighted by Gasteiger charge is 2.23. The highest BCUT2D eigenvalue weighted by Crippen LogP contribution is 2.39. The van der Waals surface area contributed by atoms with Crippen LogP contribution in [0.2, 0.25) is 0 Å². The van der Waals surface area contributed by atoms with Crippen LogP contribution in [-0.2, 0) is 5.41 Å². The van der Waals surface area contributed by atoms with Gasteiger partial charge in [0.1, 0.15) is 0 Å². The quantitative estimate of drug-likeness (QED) is 0.161. The molecule has 3 aromatic heterocycles. The van der Waals surface area contributed by atoms with Gasteiger partial charge in [0.2, 0.25) is 0 Å². The molecule has 0 N–H and O–H groups in total. The van der Waals surface area contributed by atoms with E-state index in [-0.39, 0.29) is 5.41 Å². The van der Waals surface area contributed by atoms with Crippen molar-refractivity contribution in [3.05, 3.63) is 188 Å². The van der Waals surface area contributed by atoms with Gasteiger partial charge in [0.25, 0.3) is 0 Å². The molecule has 3 heterocycles. The summed E-state index contributed by atoms with van der Waals surface area (Å²) in [6.07, 6.45) is 0. The van der Waals surface area contributed by atoms with Crippen molar-refractivity contribution in [1.82, 2.24) is 34.5 Å². The van der Waals surface area contributed by atoms with Gasteiger partial charge in [-0.2, -0.15) is 0 Å². The van der Waals surface area contributed by atoms with Crippen LogP contribution in [0.1, 0.15) is 26.3 Å². The number of hydrogen-bond acceptors (Lipinski definition) is 6. The lowest BCUT2D eigenvalue weighted by Gasteiger charge is -2.20. The van der Waals surface area contributed by atoms with Crippen molar-refractivity contribution in [3.63, 3.8) is 0 Å². The number of aromatic nitrogens is 7. The molecule has 59 heavy (non-hydrogen) atoms. The molecule has 7 heteroatoms. The fraction of sp³-hybridized carbons (Fsp3) is 0.0769. The van der Waals surface area contributed by atoms with E-state index in [0.717, 1.165) is 50.1 Å². The molecule has 0 unspecified atom stereocenters. The van der Waals surface area contributed by atoms with Gasteiger partial charge in [-0.1, -0.05) is 172 Å². The average Bonchev–Trinajstić information content (AvgIpc) is 3.63. The van der Waals surface area contributed by atoms with Crippen molar-refractivity contribution < 1.29 is 0 Å². The first kappa shape index (κ1) is 35.8. The molecule has 0 saturated heterocycles. The Balaban J connectivity index is 1.28. The smallest absolute Gasteiger partial charge is 0.166 e. The predicted octanol–water partition coefficient (Wildman–Crippen LogP) is 12.5. The Hall–Kier alpha value is -7.64. The van der Waals surface area contributed by atoms with Crippen LogP contribution >= 0.6 is 0 Å². The summed E-state index contributed by atoms with van der Waals surface area (Å²) in [6.45, 7) is 6.76. The molecule has 0 spiro atoms. The molecule has 0 aliphatic rings. The van der Waals surface area contributed by atoms with Crippen LogP contribution in [0.5, 0.6) is 0 Å². The predicted molar refractivity (Wildman–Crippen MR) is 239 cm³/mol. The summed E-state index contributed by atoms with van der Waals surface area (Å²) in [7, 11) is 0. The zero-order valence-corrected chi connectivity index (χ0v) is 33.0. The Morgan fingerprint density at radius 1 is 0.339 bits per heavy atom. The van der Waals surface area contributed by atoms with E-state index in [9.17, 15) is 0 Å². The average molecular weight is 762 g/mol. The lowest BCUT2D eigenvalue weighted by Crippen LogP contribution is -2.11. The SMILES string of the molecule is CC(C)(C)c1ccc2c3ccccc3n(-c3ccc(-c4nc(-c5ccccc5)nc(-c5ccccc5)n4)cc3-c3nc(-c4ccccc4)nc(-c4ccccc4)n3)c2c1. The minimum absolute atomic E-state index is 0.0584. The Labute approximate surface area is 342 Å². The standard InChI is InChI=1S/C52H39N7/c1-52(2,3)39-29-30-41-40-26-16-17-27-43(40)59(45(41)33-39)44-31-28-38(50-55-46(34-18-8-4-9-19-34)53-47(56-50)35-20-10-5-11-21-35)32-42(44)51-57-48(36-22-12-6-13-23-36)54-49(58-51)37-24-14-7-15-25-37/h4-33H,1-3H3. The summed E-state index contributed by atoms with van der Waals surface area (Å²) >= 11 is 0. The Morgan fingerprint density at radius 3 is 1.22 bits per heavy atom. The number of rotatable bonds is 7. The monoisotopic (exact) mass is 761 g/mol. The largest absolute Gasteiger partial charge is 0.308 e. The summed E-state index contributed by atoms with van der Waals surface area (Å²) < 4.78 is 2.35. The van der Waals surface area contributed by atoms with E-state index < -0.39 is 0 Å². The Morgan fingerprint density at radius 2 is 0.746 bits per heavy atom. The molecule has 0 aliphatic heterocycles. The second kappa shape index (κ2) is 14.7. The van der Waals surface area contributed by atoms with Gasteiger partial charge in [0.05, 0.1) is 16.7 Å². The van der Waals surface area contributed by atoms with Gasteiger partial charge >= 0.3 is 0 Å². The first-order valence-electron chi connectivity index (χ1n) is 19.8. The highest BCUT2D eigenvalue weighted by molar-refractivity contribution is 6.10. The molecule has 0 aliphatic carbocycles. The van der Waals surface area contributed by atoms with Gasteiger partial charge < -0.3 is 4.57 Å². The second-order valence-electron chi connectivity index (χ2n) is 15.6. The van der Waals surface area contributed by atoms with Crippen LogP contribution in [0.3, 0.4) is 0 Å².